The maximum absolute atomic E-state index is 13.1. The largest absolute Gasteiger partial charge is 0.480 e. The van der Waals surface area contributed by atoms with Crippen LogP contribution in [-0.4, -0.2) is 84.7 Å². The SMILES string of the molecule is NC(=O)CCC(NC(=O)C(Cc1cnc[nH]1)NC(=O)C(CC(N)=O)NC(=O)C(N)Cc1cnc[nH]1)C(=O)O. The summed E-state index contributed by atoms with van der Waals surface area (Å²) in [6, 6.07) is -5.44. The number of carbonyl (C=O) groups is 6. The Hall–Kier alpha value is -4.80. The van der Waals surface area contributed by atoms with E-state index >= 15 is 0 Å². The van der Waals surface area contributed by atoms with Crippen LogP contribution in [0.1, 0.15) is 30.7 Å². The second kappa shape index (κ2) is 14.1. The van der Waals surface area contributed by atoms with Gasteiger partial charge in [0.15, 0.2) is 0 Å². The highest BCUT2D eigenvalue weighted by molar-refractivity contribution is 5.96. The monoisotopic (exact) mass is 534 g/mol. The van der Waals surface area contributed by atoms with Crippen LogP contribution in [-0.2, 0) is 41.6 Å². The Morgan fingerprint density at radius 2 is 1.32 bits per heavy atom. The van der Waals surface area contributed by atoms with Gasteiger partial charge in [-0.2, -0.15) is 0 Å². The number of aromatic nitrogens is 4. The summed E-state index contributed by atoms with van der Waals surface area (Å²) < 4.78 is 0. The van der Waals surface area contributed by atoms with Crippen molar-refractivity contribution in [2.24, 2.45) is 17.2 Å². The lowest BCUT2D eigenvalue weighted by molar-refractivity contribution is -0.142. The maximum Gasteiger partial charge on any atom is 0.326 e. The van der Waals surface area contributed by atoms with Crippen molar-refractivity contribution in [1.82, 2.24) is 35.9 Å². The van der Waals surface area contributed by atoms with E-state index in [0.717, 1.165) is 0 Å². The van der Waals surface area contributed by atoms with Crippen molar-refractivity contribution in [1.29, 1.82) is 0 Å². The number of aromatic amines is 2. The zero-order valence-corrected chi connectivity index (χ0v) is 20.2. The molecule has 2 aromatic rings. The Labute approximate surface area is 215 Å². The van der Waals surface area contributed by atoms with Crippen LogP contribution in [0.15, 0.2) is 25.0 Å². The van der Waals surface area contributed by atoms with Gasteiger partial charge >= 0.3 is 5.97 Å². The first-order chi connectivity index (χ1) is 18.0. The quantitative estimate of drug-likeness (QED) is 0.100. The Morgan fingerprint density at radius 3 is 1.82 bits per heavy atom. The second-order valence-electron chi connectivity index (χ2n) is 8.37. The molecule has 0 radical (unpaired) electrons. The summed E-state index contributed by atoms with van der Waals surface area (Å²) in [6.07, 6.45) is 4.28. The Kier molecular flexibility index (Phi) is 10.9. The Balaban J connectivity index is 2.16. The van der Waals surface area contributed by atoms with Crippen LogP contribution < -0.4 is 33.2 Å². The Morgan fingerprint density at radius 1 is 0.789 bits per heavy atom. The van der Waals surface area contributed by atoms with E-state index in [-0.39, 0.29) is 25.7 Å². The number of primary amides is 2. The van der Waals surface area contributed by atoms with Gasteiger partial charge in [-0.25, -0.2) is 14.8 Å². The van der Waals surface area contributed by atoms with Crippen molar-refractivity contribution in [3.63, 3.8) is 0 Å². The summed E-state index contributed by atoms with van der Waals surface area (Å²) in [5, 5.41) is 16.4. The molecule has 206 valence electrons. The number of amides is 5. The summed E-state index contributed by atoms with van der Waals surface area (Å²) >= 11 is 0. The number of hydrogen-bond donors (Lipinski definition) is 9. The van der Waals surface area contributed by atoms with Gasteiger partial charge in [0.05, 0.1) is 25.1 Å². The highest BCUT2D eigenvalue weighted by Gasteiger charge is 2.31. The topological polar surface area (TPSA) is 294 Å². The van der Waals surface area contributed by atoms with E-state index in [9.17, 15) is 33.9 Å². The lowest BCUT2D eigenvalue weighted by Crippen LogP contribution is -2.58. The molecule has 2 aromatic heterocycles. The van der Waals surface area contributed by atoms with Crippen LogP contribution in [0.4, 0.5) is 0 Å². The first-order valence-electron chi connectivity index (χ1n) is 11.4. The minimum atomic E-state index is -1.49. The lowest BCUT2D eigenvalue weighted by atomic mass is 10.1. The molecule has 12 N–H and O–H groups in total. The number of aliphatic carboxylic acids is 1. The number of rotatable bonds is 16. The van der Waals surface area contributed by atoms with Gasteiger partial charge in [-0.05, 0) is 6.42 Å². The predicted octanol–water partition coefficient (Wildman–Crippen LogP) is -4.07. The lowest BCUT2D eigenvalue weighted by Gasteiger charge is -2.24. The summed E-state index contributed by atoms with van der Waals surface area (Å²) in [5.74, 6) is -5.73. The zero-order valence-electron chi connectivity index (χ0n) is 20.2. The van der Waals surface area contributed by atoms with Gasteiger partial charge in [0, 0.05) is 43.0 Å². The first kappa shape index (κ1) is 29.4. The molecule has 0 spiro atoms. The molecule has 17 nitrogen and oxygen atoms in total. The molecule has 0 saturated carbocycles. The van der Waals surface area contributed by atoms with Crippen molar-refractivity contribution in [3.8, 4) is 0 Å². The van der Waals surface area contributed by atoms with E-state index in [2.05, 4.69) is 35.9 Å². The summed E-state index contributed by atoms with van der Waals surface area (Å²) in [6.45, 7) is 0. The van der Waals surface area contributed by atoms with Gasteiger partial charge in [-0.1, -0.05) is 0 Å². The fourth-order valence-electron chi connectivity index (χ4n) is 3.33. The molecular weight excluding hydrogens is 504 g/mol. The number of carbonyl (C=O) groups excluding carboxylic acids is 5. The van der Waals surface area contributed by atoms with E-state index in [1.807, 2.05) is 0 Å². The van der Waals surface area contributed by atoms with Crippen LogP contribution in [0, 0.1) is 0 Å². The molecular formula is C21H30N10O7. The molecule has 0 saturated heterocycles. The minimum absolute atomic E-state index is 0.0590. The molecule has 0 fully saturated rings. The van der Waals surface area contributed by atoms with Crippen molar-refractivity contribution in [2.45, 2.75) is 56.3 Å². The van der Waals surface area contributed by atoms with E-state index in [1.54, 1.807) is 0 Å². The van der Waals surface area contributed by atoms with Crippen LogP contribution in [0.25, 0.3) is 0 Å². The molecule has 38 heavy (non-hydrogen) atoms. The van der Waals surface area contributed by atoms with Gasteiger partial charge in [0.25, 0.3) is 0 Å². The van der Waals surface area contributed by atoms with Gasteiger partial charge in [0.1, 0.15) is 18.1 Å². The number of nitrogens with two attached hydrogens (primary N) is 3. The minimum Gasteiger partial charge on any atom is -0.480 e. The van der Waals surface area contributed by atoms with Gasteiger partial charge < -0.3 is 48.2 Å². The van der Waals surface area contributed by atoms with E-state index in [1.165, 1.54) is 25.0 Å². The average molecular weight is 535 g/mol. The third kappa shape index (κ3) is 9.69. The molecule has 5 amide bonds. The van der Waals surface area contributed by atoms with Crippen molar-refractivity contribution in [2.75, 3.05) is 0 Å². The second-order valence-corrected chi connectivity index (χ2v) is 8.37. The molecule has 0 aliphatic carbocycles. The standard InChI is InChI=1S/C21H30N10O7/c22-12(3-10-6-25-8-27-10)18(34)30-15(5-17(24)33)20(36)31-14(4-11-7-26-9-28-11)19(35)29-13(21(37)38)1-2-16(23)32/h6-9,12-15H,1-5,22H2,(H2,23,32)(H2,24,33)(H,25,27)(H,26,28)(H,29,35)(H,30,34)(H,31,36)(H,37,38). The number of carboxylic acids is 1. The van der Waals surface area contributed by atoms with Crippen molar-refractivity contribution < 1.29 is 33.9 Å². The fraction of sp³-hybridized carbons (Fsp3) is 0.429. The summed E-state index contributed by atoms with van der Waals surface area (Å²) in [7, 11) is 0. The average Bonchev–Trinajstić information content (AvgIpc) is 3.54. The number of imidazole rings is 2. The number of H-pyrrole nitrogens is 2. The number of carboxylic acid groups (broad SMARTS) is 1. The Bertz CT molecular complexity index is 1120. The van der Waals surface area contributed by atoms with Gasteiger partial charge in [0.2, 0.25) is 29.5 Å². The van der Waals surface area contributed by atoms with E-state index in [4.69, 9.17) is 17.2 Å². The molecule has 4 atom stereocenters. The smallest absolute Gasteiger partial charge is 0.326 e. The highest BCUT2D eigenvalue weighted by atomic mass is 16.4. The molecule has 2 rings (SSSR count). The van der Waals surface area contributed by atoms with Gasteiger partial charge in [-0.15, -0.1) is 0 Å². The van der Waals surface area contributed by atoms with Crippen molar-refractivity contribution in [3.05, 3.63) is 36.4 Å². The third-order valence-electron chi connectivity index (χ3n) is 5.28. The number of nitrogens with zero attached hydrogens (tertiary/aromatic N) is 2. The summed E-state index contributed by atoms with van der Waals surface area (Å²) in [4.78, 5) is 86.0. The molecule has 0 aliphatic rings. The first-order valence-corrected chi connectivity index (χ1v) is 11.4. The van der Waals surface area contributed by atoms with E-state index < -0.39 is 66.1 Å². The summed E-state index contributed by atoms with van der Waals surface area (Å²) in [5.41, 5.74) is 17.2. The van der Waals surface area contributed by atoms with Gasteiger partial charge in [-0.3, -0.25) is 24.0 Å². The molecule has 0 aliphatic heterocycles. The number of hydrogen-bond acceptors (Lipinski definition) is 9. The number of nitrogens with one attached hydrogen (secondary N) is 5. The molecule has 2 heterocycles. The molecule has 17 heteroatoms. The van der Waals surface area contributed by atoms with Crippen LogP contribution in [0.2, 0.25) is 0 Å². The molecule has 4 unspecified atom stereocenters. The normalized spacial score (nSPS) is 13.9. The van der Waals surface area contributed by atoms with Crippen LogP contribution in [0.3, 0.4) is 0 Å². The predicted molar refractivity (Wildman–Crippen MR) is 128 cm³/mol. The zero-order chi connectivity index (χ0) is 28.2. The highest BCUT2D eigenvalue weighted by Crippen LogP contribution is 2.05. The van der Waals surface area contributed by atoms with Crippen molar-refractivity contribution >= 4 is 35.5 Å². The van der Waals surface area contributed by atoms with Crippen LogP contribution >= 0.6 is 0 Å². The molecule has 0 aromatic carbocycles. The maximum atomic E-state index is 13.1. The van der Waals surface area contributed by atoms with Crippen LogP contribution in [0.5, 0.6) is 0 Å². The van der Waals surface area contributed by atoms with E-state index in [0.29, 0.717) is 11.4 Å². The molecule has 0 bridgehead atoms. The fourth-order valence-corrected chi connectivity index (χ4v) is 3.33. The third-order valence-corrected chi connectivity index (χ3v) is 5.28.